The van der Waals surface area contributed by atoms with Crippen LogP contribution in [0.1, 0.15) is 20.7 Å². The molecule has 0 N–H and O–H groups in total. The summed E-state index contributed by atoms with van der Waals surface area (Å²) in [6.45, 7) is 0. The molecule has 2 rings (SSSR count). The maximum atomic E-state index is 12.1. The second-order valence-corrected chi connectivity index (χ2v) is 11.3. The Balaban J connectivity index is 2.03. The summed E-state index contributed by atoms with van der Waals surface area (Å²) in [5.41, 5.74) is 1.32. The van der Waals surface area contributed by atoms with Crippen LogP contribution in [0.25, 0.3) is 0 Å². The van der Waals surface area contributed by atoms with Crippen molar-refractivity contribution in [2.75, 3.05) is 0 Å². The van der Waals surface area contributed by atoms with Crippen molar-refractivity contribution in [3.8, 4) is 0 Å². The Hall–Kier alpha value is -0.221. The molecule has 0 aliphatic carbocycles. The fourth-order valence-electron chi connectivity index (χ4n) is 1.42. The fourth-order valence-corrected chi connectivity index (χ4v) is 7.99. The van der Waals surface area contributed by atoms with Crippen molar-refractivity contribution in [3.05, 3.63) is 68.6 Å². The van der Waals surface area contributed by atoms with Crippen molar-refractivity contribution in [1.29, 1.82) is 0 Å². The number of carbonyl (C=O) groups excluding carboxylic acids is 2. The molecule has 20 heavy (non-hydrogen) atoms. The van der Waals surface area contributed by atoms with Gasteiger partial charge in [-0.1, -0.05) is 0 Å². The summed E-state index contributed by atoms with van der Waals surface area (Å²) in [5, 5.41) is 0. The van der Waals surface area contributed by atoms with Crippen LogP contribution in [0.4, 0.5) is 0 Å². The third-order valence-corrected chi connectivity index (χ3v) is 9.71. The molecule has 0 spiro atoms. The number of carbonyl (C=O) groups is 2. The molecule has 0 radical (unpaired) electrons. The molecule has 0 saturated heterocycles. The molecule has 0 unspecified atom stereocenters. The van der Waals surface area contributed by atoms with Crippen LogP contribution in [0.2, 0.25) is 0 Å². The molecular formula is C14H8Br2O2Se2. The number of benzene rings is 2. The molecule has 2 nitrogen and oxygen atoms in total. The molecule has 0 aliphatic heterocycles. The Labute approximate surface area is 144 Å². The minimum absolute atomic E-state index is 0.0605. The van der Waals surface area contributed by atoms with E-state index in [1.165, 1.54) is 0 Å². The van der Waals surface area contributed by atoms with Crippen molar-refractivity contribution in [1.82, 2.24) is 0 Å². The summed E-state index contributed by atoms with van der Waals surface area (Å²) in [4.78, 5) is 24.3. The molecule has 0 atom stereocenters. The van der Waals surface area contributed by atoms with E-state index in [9.17, 15) is 9.59 Å². The Kier molecular flexibility index (Phi) is 6.21. The standard InChI is InChI=1S/C14H8Br2O2Se2/c15-11-7-3-1-5-9(11)13(17)19-20-14(18)10-6-2-4-8-12(10)16/h1-8H. The summed E-state index contributed by atoms with van der Waals surface area (Å²) >= 11 is 6.07. The number of rotatable bonds is 5. The zero-order valence-corrected chi connectivity index (χ0v) is 16.6. The normalized spacial score (nSPS) is 10.3. The minimum atomic E-state index is -0.330. The SMILES string of the molecule is O=C([Se][Se]C(=O)c1ccccc1Br)c1ccccc1Br. The van der Waals surface area contributed by atoms with Crippen molar-refractivity contribution in [3.63, 3.8) is 0 Å². The molecule has 0 aromatic heterocycles. The van der Waals surface area contributed by atoms with Gasteiger partial charge >= 0.3 is 146 Å². The first-order valence-electron chi connectivity index (χ1n) is 5.52. The molecule has 0 saturated carbocycles. The van der Waals surface area contributed by atoms with Crippen LogP contribution in [0, 0.1) is 0 Å². The van der Waals surface area contributed by atoms with Gasteiger partial charge in [-0.15, -0.1) is 0 Å². The molecular weight excluding hydrogens is 518 g/mol. The predicted octanol–water partition coefficient (Wildman–Crippen LogP) is 3.52. The summed E-state index contributed by atoms with van der Waals surface area (Å²) in [6, 6.07) is 14.6. The Morgan fingerprint density at radius 3 is 1.40 bits per heavy atom. The molecule has 0 amide bonds. The zero-order chi connectivity index (χ0) is 14.5. The quantitative estimate of drug-likeness (QED) is 0.560. The first-order chi connectivity index (χ1) is 9.59. The second-order valence-electron chi connectivity index (χ2n) is 3.70. The third-order valence-electron chi connectivity index (χ3n) is 2.38. The van der Waals surface area contributed by atoms with E-state index in [4.69, 9.17) is 0 Å². The fraction of sp³-hybridized carbons (Fsp3) is 0. The Morgan fingerprint density at radius 1 is 0.700 bits per heavy atom. The van der Waals surface area contributed by atoms with Gasteiger partial charge in [0, 0.05) is 0 Å². The summed E-state index contributed by atoms with van der Waals surface area (Å²) in [7, 11) is 0. The summed E-state index contributed by atoms with van der Waals surface area (Å²) in [6.07, 6.45) is 0. The summed E-state index contributed by atoms with van der Waals surface area (Å²) in [5.74, 6) is 0. The van der Waals surface area contributed by atoms with Gasteiger partial charge in [-0.2, -0.15) is 0 Å². The van der Waals surface area contributed by atoms with Gasteiger partial charge in [0.25, 0.3) is 0 Å². The first kappa shape index (κ1) is 16.2. The average molecular weight is 526 g/mol. The summed E-state index contributed by atoms with van der Waals surface area (Å²) < 4.78 is 1.70. The van der Waals surface area contributed by atoms with E-state index in [1.807, 2.05) is 36.4 Å². The molecule has 102 valence electrons. The van der Waals surface area contributed by atoms with Crippen molar-refractivity contribution >= 4 is 67.5 Å². The van der Waals surface area contributed by atoms with Gasteiger partial charge in [0.05, 0.1) is 0 Å². The van der Waals surface area contributed by atoms with Gasteiger partial charge < -0.3 is 0 Å². The van der Waals surface area contributed by atoms with E-state index in [0.717, 1.165) is 8.95 Å². The Morgan fingerprint density at radius 2 is 1.05 bits per heavy atom. The van der Waals surface area contributed by atoms with Crippen LogP contribution in [-0.4, -0.2) is 35.6 Å². The van der Waals surface area contributed by atoms with Gasteiger partial charge in [-0.25, -0.2) is 0 Å². The van der Waals surface area contributed by atoms with E-state index in [1.54, 1.807) is 12.1 Å². The van der Waals surface area contributed by atoms with Gasteiger partial charge in [0.15, 0.2) is 0 Å². The van der Waals surface area contributed by atoms with Crippen LogP contribution in [-0.2, 0) is 0 Å². The molecule has 6 heteroatoms. The van der Waals surface area contributed by atoms with Gasteiger partial charge in [0.1, 0.15) is 0 Å². The van der Waals surface area contributed by atoms with Crippen molar-refractivity contribution in [2.45, 2.75) is 0 Å². The molecule has 0 bridgehead atoms. The topological polar surface area (TPSA) is 34.1 Å². The first-order valence-corrected chi connectivity index (χ1v) is 13.1. The predicted molar refractivity (Wildman–Crippen MR) is 88.5 cm³/mol. The van der Waals surface area contributed by atoms with Gasteiger partial charge in [0.2, 0.25) is 0 Å². The van der Waals surface area contributed by atoms with E-state index in [2.05, 4.69) is 31.9 Å². The van der Waals surface area contributed by atoms with E-state index >= 15 is 0 Å². The average Bonchev–Trinajstić information content (AvgIpc) is 2.45. The van der Waals surface area contributed by atoms with Crippen LogP contribution in [0.15, 0.2) is 57.5 Å². The van der Waals surface area contributed by atoms with E-state index in [-0.39, 0.29) is 35.6 Å². The van der Waals surface area contributed by atoms with Crippen LogP contribution >= 0.6 is 31.9 Å². The third kappa shape index (κ3) is 4.14. The van der Waals surface area contributed by atoms with E-state index in [0.29, 0.717) is 11.1 Å². The van der Waals surface area contributed by atoms with Crippen LogP contribution in [0.3, 0.4) is 0 Å². The molecule has 2 aromatic rings. The molecule has 0 fully saturated rings. The Bertz CT molecular complexity index is 602. The zero-order valence-electron chi connectivity index (χ0n) is 10.0. The van der Waals surface area contributed by atoms with Crippen LogP contribution < -0.4 is 0 Å². The second kappa shape index (κ2) is 7.69. The van der Waals surface area contributed by atoms with Crippen LogP contribution in [0.5, 0.6) is 0 Å². The number of halogens is 2. The van der Waals surface area contributed by atoms with E-state index < -0.39 is 0 Å². The van der Waals surface area contributed by atoms with Crippen molar-refractivity contribution < 1.29 is 9.59 Å². The molecule has 2 aromatic carbocycles. The molecule has 0 heterocycles. The van der Waals surface area contributed by atoms with Crippen molar-refractivity contribution in [2.24, 2.45) is 0 Å². The number of hydrogen-bond acceptors (Lipinski definition) is 2. The van der Waals surface area contributed by atoms with Gasteiger partial charge in [-0.3, -0.25) is 0 Å². The van der Waals surface area contributed by atoms with Gasteiger partial charge in [-0.05, 0) is 0 Å². The number of hydrogen-bond donors (Lipinski definition) is 0. The maximum absolute atomic E-state index is 12.1. The monoisotopic (exact) mass is 526 g/mol. The molecule has 0 aliphatic rings.